The number of halogens is 4. The van der Waals surface area contributed by atoms with Crippen LogP contribution >= 0.6 is 0 Å². The number of hydrogen-bond donors (Lipinski definition) is 4. The number of amides is 3. The Bertz CT molecular complexity index is 1570. The van der Waals surface area contributed by atoms with Crippen molar-refractivity contribution in [2.75, 3.05) is 50.0 Å². The van der Waals surface area contributed by atoms with Gasteiger partial charge < -0.3 is 20.7 Å². The van der Waals surface area contributed by atoms with Crippen molar-refractivity contribution < 1.29 is 31.9 Å². The Morgan fingerprint density at radius 3 is 2.63 bits per heavy atom. The zero-order valence-electron chi connectivity index (χ0n) is 21.5. The van der Waals surface area contributed by atoms with E-state index in [-0.39, 0.29) is 11.6 Å². The number of nitrogens with one attached hydrogen (secondary N) is 4. The van der Waals surface area contributed by atoms with Gasteiger partial charge in [-0.2, -0.15) is 18.3 Å². The average Bonchev–Trinajstić information content (AvgIpc) is 3.43. The molecule has 41 heavy (non-hydrogen) atoms. The number of anilines is 2. The molecule has 0 saturated carbocycles. The van der Waals surface area contributed by atoms with Crippen LogP contribution in [0.5, 0.6) is 0 Å². The first-order valence-corrected chi connectivity index (χ1v) is 12.6. The number of benzene rings is 2. The summed E-state index contributed by atoms with van der Waals surface area (Å²) in [7, 11) is 0. The molecule has 3 heterocycles. The van der Waals surface area contributed by atoms with Gasteiger partial charge in [0.05, 0.1) is 47.3 Å². The van der Waals surface area contributed by atoms with Gasteiger partial charge in [0.2, 0.25) is 0 Å². The van der Waals surface area contributed by atoms with Crippen LogP contribution in [0.4, 0.5) is 33.7 Å². The van der Waals surface area contributed by atoms with E-state index in [1.165, 1.54) is 6.20 Å². The molecule has 0 aliphatic carbocycles. The number of H-pyrrole nitrogens is 1. The highest BCUT2D eigenvalue weighted by Gasteiger charge is 2.31. The fraction of sp³-hybridized carbons (Fsp3) is 0.259. The predicted molar refractivity (Wildman–Crippen MR) is 143 cm³/mol. The van der Waals surface area contributed by atoms with E-state index in [9.17, 15) is 27.2 Å². The van der Waals surface area contributed by atoms with Crippen molar-refractivity contribution in [2.24, 2.45) is 0 Å². The van der Waals surface area contributed by atoms with Crippen LogP contribution in [-0.2, 0) is 10.9 Å². The average molecular weight is 572 g/mol. The summed E-state index contributed by atoms with van der Waals surface area (Å²) < 4.78 is 58.4. The maximum absolute atomic E-state index is 14.1. The van der Waals surface area contributed by atoms with Crippen molar-refractivity contribution >= 4 is 34.3 Å². The smallest absolute Gasteiger partial charge is 0.379 e. The molecule has 4 aromatic rings. The minimum atomic E-state index is -4.70. The number of carbonyl (C=O) groups excluding carboxylic acids is 2. The van der Waals surface area contributed by atoms with Crippen LogP contribution in [-0.4, -0.2) is 71.4 Å². The zero-order valence-corrected chi connectivity index (χ0v) is 21.5. The van der Waals surface area contributed by atoms with Crippen molar-refractivity contribution in [3.8, 4) is 11.3 Å². The van der Waals surface area contributed by atoms with Gasteiger partial charge in [-0.25, -0.2) is 14.2 Å². The van der Waals surface area contributed by atoms with E-state index in [1.807, 2.05) is 0 Å². The monoisotopic (exact) mass is 571 g/mol. The van der Waals surface area contributed by atoms with Crippen LogP contribution in [0.2, 0.25) is 0 Å². The molecule has 10 nitrogen and oxygen atoms in total. The summed E-state index contributed by atoms with van der Waals surface area (Å²) in [6.45, 7) is 4.06. The maximum Gasteiger partial charge on any atom is 0.416 e. The van der Waals surface area contributed by atoms with Crippen molar-refractivity contribution in [2.45, 2.75) is 6.18 Å². The molecule has 2 aromatic carbocycles. The molecule has 1 aliphatic heterocycles. The van der Waals surface area contributed by atoms with Crippen LogP contribution in [0.3, 0.4) is 0 Å². The number of alkyl halides is 3. The third kappa shape index (κ3) is 6.78. The number of carbonyl (C=O) groups is 2. The molecular weight excluding hydrogens is 546 g/mol. The third-order valence-corrected chi connectivity index (χ3v) is 6.44. The summed E-state index contributed by atoms with van der Waals surface area (Å²) in [6.07, 6.45) is -3.19. The van der Waals surface area contributed by atoms with Crippen molar-refractivity contribution in [1.29, 1.82) is 0 Å². The lowest BCUT2D eigenvalue weighted by atomic mass is 10.1. The van der Waals surface area contributed by atoms with Gasteiger partial charge in [0.25, 0.3) is 5.91 Å². The first-order chi connectivity index (χ1) is 19.7. The minimum absolute atomic E-state index is 0.260. The summed E-state index contributed by atoms with van der Waals surface area (Å²) in [5.41, 5.74) is 0.228. The molecule has 0 radical (unpaired) electrons. The molecule has 0 unspecified atom stereocenters. The fourth-order valence-corrected chi connectivity index (χ4v) is 4.35. The van der Waals surface area contributed by atoms with Gasteiger partial charge in [0, 0.05) is 37.4 Å². The highest BCUT2D eigenvalue weighted by Crippen LogP contribution is 2.32. The normalized spacial score (nSPS) is 14.1. The van der Waals surface area contributed by atoms with Crippen LogP contribution in [0, 0.1) is 5.82 Å². The summed E-state index contributed by atoms with van der Waals surface area (Å²) in [5.74, 6) is -1.32. The van der Waals surface area contributed by atoms with Gasteiger partial charge in [0.1, 0.15) is 5.82 Å². The molecule has 1 fully saturated rings. The Hall–Kier alpha value is -4.56. The number of urea groups is 1. The van der Waals surface area contributed by atoms with Crippen LogP contribution in [0.25, 0.3) is 22.3 Å². The Kier molecular flexibility index (Phi) is 8.12. The van der Waals surface area contributed by atoms with Gasteiger partial charge in [-0.05, 0) is 36.4 Å². The molecule has 5 rings (SSSR count). The van der Waals surface area contributed by atoms with Gasteiger partial charge in [-0.3, -0.25) is 14.8 Å². The molecule has 3 amide bonds. The van der Waals surface area contributed by atoms with E-state index in [1.54, 1.807) is 30.3 Å². The predicted octanol–water partition coefficient (Wildman–Crippen LogP) is 4.49. The number of pyridine rings is 1. The number of ether oxygens (including phenoxy) is 1. The fourth-order valence-electron chi connectivity index (χ4n) is 4.35. The second-order valence-corrected chi connectivity index (χ2v) is 9.25. The highest BCUT2D eigenvalue weighted by molar-refractivity contribution is 6.06. The maximum atomic E-state index is 14.1. The Labute approximate surface area is 231 Å². The molecule has 14 heteroatoms. The third-order valence-electron chi connectivity index (χ3n) is 6.44. The molecule has 1 saturated heterocycles. The molecule has 214 valence electrons. The Morgan fingerprint density at radius 2 is 1.85 bits per heavy atom. The largest absolute Gasteiger partial charge is 0.416 e. The molecular formula is C27H25F4N7O3. The Balaban J connectivity index is 1.31. The van der Waals surface area contributed by atoms with E-state index < -0.39 is 29.3 Å². The Morgan fingerprint density at radius 1 is 1.05 bits per heavy atom. The van der Waals surface area contributed by atoms with Gasteiger partial charge in [-0.1, -0.05) is 12.1 Å². The van der Waals surface area contributed by atoms with Gasteiger partial charge in [-0.15, -0.1) is 0 Å². The van der Waals surface area contributed by atoms with Crippen molar-refractivity contribution in [3.05, 3.63) is 71.7 Å². The minimum Gasteiger partial charge on any atom is -0.379 e. The quantitative estimate of drug-likeness (QED) is 0.243. The van der Waals surface area contributed by atoms with Crippen LogP contribution in [0.1, 0.15) is 15.9 Å². The summed E-state index contributed by atoms with van der Waals surface area (Å²) in [6, 6.07) is 8.83. The van der Waals surface area contributed by atoms with E-state index in [4.69, 9.17) is 4.74 Å². The number of nitrogens with zero attached hydrogens (tertiary/aromatic N) is 3. The van der Waals surface area contributed by atoms with Crippen LogP contribution in [0.15, 0.2) is 54.7 Å². The second kappa shape index (κ2) is 11.9. The molecule has 0 spiro atoms. The second-order valence-electron chi connectivity index (χ2n) is 9.25. The van der Waals surface area contributed by atoms with E-state index in [0.717, 1.165) is 13.1 Å². The molecule has 0 bridgehead atoms. The standard InChI is InChI=1S/C27H25F4N7O3/c28-21-5-4-17(27(29,30)31)13-23(21)36-26(40)34-18-3-1-2-16(12-18)22-14-19(20-15-33-37-24(20)35-22)25(39)32-6-7-38-8-10-41-11-9-38/h1-5,12-15H,6-11H2,(H,32,39)(H,33,35,37)(H2,34,36,40). The van der Waals surface area contributed by atoms with Crippen molar-refractivity contribution in [1.82, 2.24) is 25.4 Å². The lowest BCUT2D eigenvalue weighted by molar-refractivity contribution is -0.137. The van der Waals surface area contributed by atoms with E-state index in [0.29, 0.717) is 72.4 Å². The topological polar surface area (TPSA) is 124 Å². The van der Waals surface area contributed by atoms with Crippen LogP contribution < -0.4 is 16.0 Å². The first kappa shape index (κ1) is 28.0. The number of rotatable bonds is 7. The van der Waals surface area contributed by atoms with E-state index in [2.05, 4.69) is 36.0 Å². The summed E-state index contributed by atoms with van der Waals surface area (Å²) in [4.78, 5) is 32.3. The molecule has 4 N–H and O–H groups in total. The lowest BCUT2D eigenvalue weighted by Crippen LogP contribution is -2.41. The lowest BCUT2D eigenvalue weighted by Gasteiger charge is -2.26. The van der Waals surface area contributed by atoms with E-state index >= 15 is 0 Å². The van der Waals surface area contributed by atoms with Gasteiger partial charge in [0.15, 0.2) is 5.65 Å². The number of aromatic amines is 1. The molecule has 1 aliphatic rings. The number of morpholine rings is 1. The summed E-state index contributed by atoms with van der Waals surface area (Å²) >= 11 is 0. The van der Waals surface area contributed by atoms with Crippen molar-refractivity contribution in [3.63, 3.8) is 0 Å². The molecule has 0 atom stereocenters. The summed E-state index contributed by atoms with van der Waals surface area (Å²) in [5, 5.41) is 14.8. The highest BCUT2D eigenvalue weighted by atomic mass is 19.4. The first-order valence-electron chi connectivity index (χ1n) is 12.6. The number of fused-ring (bicyclic) bond motifs is 1. The zero-order chi connectivity index (χ0) is 29.0. The SMILES string of the molecule is O=C(Nc1cccc(-c2cc(C(=O)NCCN3CCOCC3)c3cn[nH]c3n2)c1)Nc1cc(C(F)(F)F)ccc1F. The number of aromatic nitrogens is 3. The number of hydrogen-bond acceptors (Lipinski definition) is 6. The molecule has 2 aromatic heterocycles. The van der Waals surface area contributed by atoms with Gasteiger partial charge >= 0.3 is 12.2 Å².